The summed E-state index contributed by atoms with van der Waals surface area (Å²) in [6.07, 6.45) is 6.92. The fourth-order valence-corrected chi connectivity index (χ4v) is 2.01. The Morgan fingerprint density at radius 2 is 2.05 bits per heavy atom. The van der Waals surface area contributed by atoms with Crippen molar-refractivity contribution in [1.29, 1.82) is 0 Å². The van der Waals surface area contributed by atoms with Gasteiger partial charge in [0, 0.05) is 25.7 Å². The third-order valence-corrected chi connectivity index (χ3v) is 3.31. The molecule has 7 nitrogen and oxygen atoms in total. The van der Waals surface area contributed by atoms with Gasteiger partial charge in [0.2, 0.25) is 5.91 Å². The lowest BCUT2D eigenvalue weighted by molar-refractivity contribution is -0.116. The Balaban J connectivity index is 1.93. The van der Waals surface area contributed by atoms with E-state index in [9.17, 15) is 14.7 Å². The molecule has 1 aromatic carbocycles. The molecule has 0 aromatic heterocycles. The van der Waals surface area contributed by atoms with E-state index < -0.39 is 11.6 Å². The smallest absolute Gasteiger partial charge is 0.337 e. The highest BCUT2D eigenvalue weighted by Gasteiger charge is 2.39. The number of terminal acetylenes is 1. The van der Waals surface area contributed by atoms with Crippen LogP contribution in [0.15, 0.2) is 28.4 Å². The topological polar surface area (TPSA) is 111 Å². The second kappa shape index (κ2) is 6.26. The van der Waals surface area contributed by atoms with E-state index in [-0.39, 0.29) is 29.3 Å². The molecule has 0 radical (unpaired) electrons. The Morgan fingerprint density at radius 3 is 2.64 bits per heavy atom. The number of benzene rings is 1. The zero-order chi connectivity index (χ0) is 16.2. The van der Waals surface area contributed by atoms with Gasteiger partial charge < -0.3 is 15.5 Å². The van der Waals surface area contributed by atoms with Crippen LogP contribution in [0.1, 0.15) is 36.0 Å². The van der Waals surface area contributed by atoms with E-state index in [0.29, 0.717) is 19.3 Å². The second-order valence-corrected chi connectivity index (χ2v) is 4.97. The van der Waals surface area contributed by atoms with Crippen molar-refractivity contribution in [2.24, 2.45) is 10.2 Å². The number of carboxylic acids is 1. The second-order valence-electron chi connectivity index (χ2n) is 4.97. The molecule has 1 heterocycles. The molecular weight excluding hydrogens is 286 g/mol. The molecule has 0 saturated heterocycles. The molecule has 0 atom stereocenters. The Bertz CT molecular complexity index is 670. The number of amides is 1. The number of phenols is 1. The van der Waals surface area contributed by atoms with Crippen molar-refractivity contribution >= 4 is 17.6 Å². The molecule has 0 spiro atoms. The molecule has 114 valence electrons. The van der Waals surface area contributed by atoms with Crippen molar-refractivity contribution in [1.82, 2.24) is 0 Å². The molecule has 0 saturated carbocycles. The molecule has 0 aliphatic carbocycles. The van der Waals surface area contributed by atoms with E-state index in [1.807, 2.05) is 0 Å². The number of rotatable bonds is 7. The van der Waals surface area contributed by atoms with E-state index in [1.54, 1.807) is 0 Å². The van der Waals surface area contributed by atoms with E-state index in [4.69, 9.17) is 11.5 Å². The largest absolute Gasteiger partial charge is 0.508 e. The van der Waals surface area contributed by atoms with Gasteiger partial charge in [0.15, 0.2) is 5.66 Å². The lowest BCUT2D eigenvalue weighted by Crippen LogP contribution is -2.18. The Kier molecular flexibility index (Phi) is 4.41. The highest BCUT2D eigenvalue weighted by atomic mass is 16.4. The van der Waals surface area contributed by atoms with Crippen molar-refractivity contribution in [3.8, 4) is 18.1 Å². The van der Waals surface area contributed by atoms with Crippen LogP contribution in [-0.4, -0.2) is 27.8 Å². The van der Waals surface area contributed by atoms with Gasteiger partial charge in [-0.1, -0.05) is 0 Å². The third-order valence-electron chi connectivity index (χ3n) is 3.31. The normalized spacial score (nSPS) is 14.1. The number of anilines is 1. The summed E-state index contributed by atoms with van der Waals surface area (Å²) in [5.74, 6) is 0.751. The first kappa shape index (κ1) is 15.5. The van der Waals surface area contributed by atoms with Gasteiger partial charge in [0.1, 0.15) is 5.75 Å². The van der Waals surface area contributed by atoms with Crippen LogP contribution in [-0.2, 0) is 4.79 Å². The van der Waals surface area contributed by atoms with Gasteiger partial charge in [0.25, 0.3) is 0 Å². The first-order valence-corrected chi connectivity index (χ1v) is 6.69. The van der Waals surface area contributed by atoms with Crippen molar-refractivity contribution < 1.29 is 19.8 Å². The standard InChI is InChI=1S/C15H15N3O4/c1-2-3-7-15(17-18-15)8-6-13(20)16-12-5-4-10(19)9-11(12)14(21)22/h1,4-5,9,19H,3,6-8H2,(H,16,20)(H,21,22). The van der Waals surface area contributed by atoms with Crippen LogP contribution in [0.25, 0.3) is 0 Å². The number of phenolic OH excluding ortho intramolecular Hbond substituents is 1. The van der Waals surface area contributed by atoms with Crippen LogP contribution < -0.4 is 5.32 Å². The molecule has 1 aliphatic rings. The Morgan fingerprint density at radius 1 is 1.32 bits per heavy atom. The summed E-state index contributed by atoms with van der Waals surface area (Å²) in [6.45, 7) is 0. The van der Waals surface area contributed by atoms with Crippen molar-refractivity contribution in [2.45, 2.75) is 31.3 Å². The molecule has 7 heteroatoms. The van der Waals surface area contributed by atoms with Crippen molar-refractivity contribution in [2.75, 3.05) is 5.32 Å². The Hall–Kier alpha value is -2.88. The summed E-state index contributed by atoms with van der Waals surface area (Å²) in [6, 6.07) is 3.73. The van der Waals surface area contributed by atoms with Crippen LogP contribution in [0.3, 0.4) is 0 Å². The molecule has 1 amide bonds. The van der Waals surface area contributed by atoms with E-state index in [0.717, 1.165) is 6.07 Å². The molecule has 0 bridgehead atoms. The predicted molar refractivity (Wildman–Crippen MR) is 78.6 cm³/mol. The number of aromatic carboxylic acids is 1. The van der Waals surface area contributed by atoms with Crippen LogP contribution in [0.5, 0.6) is 5.75 Å². The van der Waals surface area contributed by atoms with Gasteiger partial charge in [-0.2, -0.15) is 10.2 Å². The number of hydrogen-bond donors (Lipinski definition) is 3. The van der Waals surface area contributed by atoms with Crippen molar-refractivity contribution in [3.05, 3.63) is 23.8 Å². The van der Waals surface area contributed by atoms with Gasteiger partial charge in [0.05, 0.1) is 11.3 Å². The molecule has 3 N–H and O–H groups in total. The molecule has 1 aromatic rings. The highest BCUT2D eigenvalue weighted by molar-refractivity contribution is 6.00. The maximum atomic E-state index is 11.9. The van der Waals surface area contributed by atoms with Crippen LogP contribution in [0.2, 0.25) is 0 Å². The van der Waals surface area contributed by atoms with E-state index in [1.165, 1.54) is 12.1 Å². The van der Waals surface area contributed by atoms with Crippen LogP contribution in [0.4, 0.5) is 5.69 Å². The zero-order valence-electron chi connectivity index (χ0n) is 11.7. The minimum Gasteiger partial charge on any atom is -0.508 e. The lowest BCUT2D eigenvalue weighted by Gasteiger charge is -2.11. The summed E-state index contributed by atoms with van der Waals surface area (Å²) in [5, 5.41) is 28.7. The number of nitrogens with zero attached hydrogens (tertiary/aromatic N) is 2. The predicted octanol–water partition coefficient (Wildman–Crippen LogP) is 2.38. The highest BCUT2D eigenvalue weighted by Crippen LogP contribution is 2.37. The fourth-order valence-electron chi connectivity index (χ4n) is 2.01. The summed E-state index contributed by atoms with van der Waals surface area (Å²) in [5.41, 5.74) is -0.581. The molecule has 1 aliphatic heterocycles. The SMILES string of the molecule is C#CCCC1(CCC(=O)Nc2ccc(O)cc2C(=O)O)N=N1. The van der Waals surface area contributed by atoms with Crippen LogP contribution in [0, 0.1) is 12.3 Å². The molecular formula is C15H15N3O4. The number of carbonyl (C=O) groups excluding carboxylic acids is 1. The first-order chi connectivity index (χ1) is 10.5. The third kappa shape index (κ3) is 3.82. The van der Waals surface area contributed by atoms with Gasteiger partial charge in [-0.25, -0.2) is 4.79 Å². The maximum absolute atomic E-state index is 11.9. The summed E-state index contributed by atoms with van der Waals surface area (Å²) >= 11 is 0. The number of nitrogens with one attached hydrogen (secondary N) is 1. The first-order valence-electron chi connectivity index (χ1n) is 6.69. The Labute approximate surface area is 127 Å². The van der Waals surface area contributed by atoms with E-state index in [2.05, 4.69) is 21.5 Å². The average molecular weight is 301 g/mol. The molecule has 2 rings (SSSR count). The van der Waals surface area contributed by atoms with Crippen molar-refractivity contribution in [3.63, 3.8) is 0 Å². The summed E-state index contributed by atoms with van der Waals surface area (Å²) in [7, 11) is 0. The summed E-state index contributed by atoms with van der Waals surface area (Å²) < 4.78 is 0. The molecule has 0 fully saturated rings. The minimum atomic E-state index is -1.23. The minimum absolute atomic E-state index is 0.137. The lowest BCUT2D eigenvalue weighted by atomic mass is 10.0. The number of aromatic hydroxyl groups is 1. The van der Waals surface area contributed by atoms with Gasteiger partial charge in [-0.05, 0) is 18.2 Å². The maximum Gasteiger partial charge on any atom is 0.337 e. The van der Waals surface area contributed by atoms with Gasteiger partial charge in [-0.15, -0.1) is 12.3 Å². The van der Waals surface area contributed by atoms with Gasteiger partial charge in [-0.3, -0.25) is 4.79 Å². The number of carboxylic acid groups (broad SMARTS) is 1. The monoisotopic (exact) mass is 301 g/mol. The molecule has 22 heavy (non-hydrogen) atoms. The average Bonchev–Trinajstić information content (AvgIpc) is 3.25. The number of carbonyl (C=O) groups is 2. The quantitative estimate of drug-likeness (QED) is 0.530. The van der Waals surface area contributed by atoms with Gasteiger partial charge >= 0.3 is 5.97 Å². The van der Waals surface area contributed by atoms with Crippen LogP contribution >= 0.6 is 0 Å². The zero-order valence-corrected chi connectivity index (χ0v) is 11.7. The van der Waals surface area contributed by atoms with E-state index >= 15 is 0 Å². The molecule has 0 unspecified atom stereocenters. The number of hydrogen-bond acceptors (Lipinski definition) is 5. The summed E-state index contributed by atoms with van der Waals surface area (Å²) in [4.78, 5) is 23.0. The fraction of sp³-hybridized carbons (Fsp3) is 0.333.